The van der Waals surface area contributed by atoms with E-state index in [0.29, 0.717) is 11.0 Å². The number of aryl methyl sites for hydroxylation is 1. The second-order valence-corrected chi connectivity index (χ2v) is 5.85. The summed E-state index contributed by atoms with van der Waals surface area (Å²) in [5.41, 5.74) is 9.37. The van der Waals surface area contributed by atoms with E-state index < -0.39 is 0 Å². The van der Waals surface area contributed by atoms with Crippen LogP contribution in [0.5, 0.6) is 0 Å². The number of hydrogen-bond acceptors (Lipinski definition) is 3. The topological polar surface area (TPSA) is 56.7 Å². The van der Waals surface area contributed by atoms with Crippen LogP contribution in [0.4, 0.5) is 5.95 Å². The van der Waals surface area contributed by atoms with Crippen molar-refractivity contribution in [3.05, 3.63) is 44.6 Å². The molecule has 0 aliphatic heterocycles. The Hall–Kier alpha value is -1.34. The highest BCUT2D eigenvalue weighted by Gasteiger charge is 2.14. The van der Waals surface area contributed by atoms with Gasteiger partial charge >= 0.3 is 0 Å². The number of rotatable bonds is 1. The number of hydrogen-bond donors (Lipinski definition) is 1. The first-order chi connectivity index (χ1) is 9.08. The summed E-state index contributed by atoms with van der Waals surface area (Å²) in [5, 5.41) is 0.626. The molecule has 0 atom stereocenters. The van der Waals surface area contributed by atoms with Crippen molar-refractivity contribution in [1.29, 1.82) is 0 Å². The molecule has 3 aromatic rings. The first-order valence-electron chi connectivity index (χ1n) is 5.63. The van der Waals surface area contributed by atoms with E-state index >= 15 is 0 Å². The molecule has 0 aliphatic rings. The van der Waals surface area contributed by atoms with E-state index in [1.165, 1.54) is 0 Å². The van der Waals surface area contributed by atoms with Crippen molar-refractivity contribution in [3.8, 4) is 5.69 Å². The number of benzene rings is 1. The van der Waals surface area contributed by atoms with E-state index in [1.54, 1.807) is 10.8 Å². The molecule has 2 aromatic heterocycles. The predicted octanol–water partition coefficient (Wildman–Crippen LogP) is 3.57. The fourth-order valence-corrected chi connectivity index (χ4v) is 2.95. The van der Waals surface area contributed by atoms with Gasteiger partial charge in [-0.2, -0.15) is 0 Å². The minimum absolute atomic E-state index is 0.389. The SMILES string of the molecule is Cc1ccnc2c1nc(N)n2-c1ccc(I)cc1Cl. The lowest BCUT2D eigenvalue weighted by Crippen LogP contribution is -2.02. The number of anilines is 1. The maximum atomic E-state index is 6.30. The van der Waals surface area contributed by atoms with Crippen molar-refractivity contribution in [1.82, 2.24) is 14.5 Å². The summed E-state index contributed by atoms with van der Waals surface area (Å²) >= 11 is 8.51. The van der Waals surface area contributed by atoms with Gasteiger partial charge in [0.1, 0.15) is 5.52 Å². The number of nitrogens with two attached hydrogens (primary N) is 1. The Morgan fingerprint density at radius 3 is 2.84 bits per heavy atom. The number of aromatic nitrogens is 3. The Morgan fingerprint density at radius 2 is 2.11 bits per heavy atom. The number of halogens is 2. The number of fused-ring (bicyclic) bond motifs is 1. The van der Waals surface area contributed by atoms with Crippen LogP contribution in [-0.4, -0.2) is 14.5 Å². The molecular weight excluding hydrogens is 375 g/mol. The van der Waals surface area contributed by atoms with Crippen LogP contribution < -0.4 is 5.73 Å². The number of nitrogen functional groups attached to an aromatic ring is 1. The van der Waals surface area contributed by atoms with E-state index in [0.717, 1.165) is 26.0 Å². The minimum atomic E-state index is 0.389. The molecule has 6 heteroatoms. The van der Waals surface area contributed by atoms with E-state index in [-0.39, 0.29) is 0 Å². The summed E-state index contributed by atoms with van der Waals surface area (Å²) in [5.74, 6) is 0.389. The summed E-state index contributed by atoms with van der Waals surface area (Å²) in [6.07, 6.45) is 1.75. The molecule has 2 heterocycles. The van der Waals surface area contributed by atoms with E-state index in [9.17, 15) is 0 Å². The van der Waals surface area contributed by atoms with Crippen LogP contribution in [0.3, 0.4) is 0 Å². The van der Waals surface area contributed by atoms with Crippen LogP contribution >= 0.6 is 34.2 Å². The Bertz CT molecular complexity index is 782. The van der Waals surface area contributed by atoms with Gasteiger partial charge in [0, 0.05) is 9.77 Å². The molecule has 0 unspecified atom stereocenters. The monoisotopic (exact) mass is 384 g/mol. The Morgan fingerprint density at radius 1 is 1.32 bits per heavy atom. The smallest absolute Gasteiger partial charge is 0.207 e. The molecule has 19 heavy (non-hydrogen) atoms. The van der Waals surface area contributed by atoms with Crippen molar-refractivity contribution < 1.29 is 0 Å². The molecule has 0 amide bonds. The van der Waals surface area contributed by atoms with E-state index in [4.69, 9.17) is 17.3 Å². The standard InChI is InChI=1S/C13H10ClIN4/c1-7-4-5-17-12-11(7)18-13(16)19(12)10-3-2-8(15)6-9(10)14/h2-6H,1H3,(H2,16,18). The van der Waals surface area contributed by atoms with Gasteiger partial charge in [0.05, 0.1) is 10.7 Å². The third-order valence-electron chi connectivity index (χ3n) is 2.92. The molecule has 0 aliphatic carbocycles. The Kier molecular flexibility index (Phi) is 3.10. The second kappa shape index (κ2) is 4.64. The zero-order valence-corrected chi connectivity index (χ0v) is 13.0. The number of nitrogens with zero attached hydrogens (tertiary/aromatic N) is 3. The fraction of sp³-hybridized carbons (Fsp3) is 0.0769. The van der Waals surface area contributed by atoms with Gasteiger partial charge in [-0.25, -0.2) is 9.97 Å². The first-order valence-corrected chi connectivity index (χ1v) is 7.08. The van der Waals surface area contributed by atoms with Crippen LogP contribution in [0.15, 0.2) is 30.5 Å². The van der Waals surface area contributed by atoms with Crippen molar-refractivity contribution >= 4 is 51.3 Å². The van der Waals surface area contributed by atoms with Crippen LogP contribution in [0.2, 0.25) is 5.02 Å². The molecule has 0 radical (unpaired) electrons. The molecule has 3 rings (SSSR count). The third-order valence-corrected chi connectivity index (χ3v) is 3.90. The van der Waals surface area contributed by atoms with Gasteiger partial charge < -0.3 is 5.73 Å². The highest BCUT2D eigenvalue weighted by molar-refractivity contribution is 14.1. The molecule has 2 N–H and O–H groups in total. The molecule has 0 saturated carbocycles. The Labute approximate surface area is 128 Å². The molecule has 1 aromatic carbocycles. The van der Waals surface area contributed by atoms with Gasteiger partial charge in [-0.1, -0.05) is 11.6 Å². The average molecular weight is 385 g/mol. The van der Waals surface area contributed by atoms with Gasteiger partial charge in [0.15, 0.2) is 5.65 Å². The summed E-state index contributed by atoms with van der Waals surface area (Å²) in [4.78, 5) is 8.73. The fourth-order valence-electron chi connectivity index (χ4n) is 2.01. The predicted molar refractivity (Wildman–Crippen MR) is 85.7 cm³/mol. The summed E-state index contributed by atoms with van der Waals surface area (Å²) in [7, 11) is 0. The Balaban J connectivity index is 2.36. The molecule has 0 bridgehead atoms. The van der Waals surface area contributed by atoms with E-state index in [2.05, 4.69) is 32.6 Å². The molecule has 0 saturated heterocycles. The molecule has 96 valence electrons. The average Bonchev–Trinajstić information content (AvgIpc) is 2.68. The lowest BCUT2D eigenvalue weighted by molar-refractivity contribution is 1.08. The zero-order chi connectivity index (χ0) is 13.6. The molecule has 0 fully saturated rings. The van der Waals surface area contributed by atoms with Crippen LogP contribution in [-0.2, 0) is 0 Å². The van der Waals surface area contributed by atoms with Gasteiger partial charge in [-0.3, -0.25) is 4.57 Å². The maximum Gasteiger partial charge on any atom is 0.207 e. The van der Waals surface area contributed by atoms with Crippen molar-refractivity contribution in [3.63, 3.8) is 0 Å². The molecule has 4 nitrogen and oxygen atoms in total. The normalized spacial score (nSPS) is 11.1. The van der Waals surface area contributed by atoms with Crippen LogP contribution in [0.25, 0.3) is 16.9 Å². The third kappa shape index (κ3) is 2.06. The lowest BCUT2D eigenvalue weighted by atomic mass is 10.2. The van der Waals surface area contributed by atoms with Crippen LogP contribution in [0, 0.1) is 10.5 Å². The summed E-state index contributed by atoms with van der Waals surface area (Å²) < 4.78 is 2.85. The van der Waals surface area contributed by atoms with Crippen molar-refractivity contribution in [2.75, 3.05) is 5.73 Å². The second-order valence-electron chi connectivity index (χ2n) is 4.20. The van der Waals surface area contributed by atoms with Gasteiger partial charge in [0.2, 0.25) is 5.95 Å². The number of imidazole rings is 1. The minimum Gasteiger partial charge on any atom is -0.369 e. The summed E-state index contributed by atoms with van der Waals surface area (Å²) in [6.45, 7) is 1.98. The van der Waals surface area contributed by atoms with Gasteiger partial charge in [-0.15, -0.1) is 0 Å². The largest absolute Gasteiger partial charge is 0.369 e. The lowest BCUT2D eigenvalue weighted by Gasteiger charge is -2.08. The summed E-state index contributed by atoms with van der Waals surface area (Å²) in [6, 6.07) is 7.70. The van der Waals surface area contributed by atoms with Gasteiger partial charge in [-0.05, 0) is 59.3 Å². The number of pyridine rings is 1. The highest BCUT2D eigenvalue weighted by atomic mass is 127. The zero-order valence-electron chi connectivity index (χ0n) is 10.1. The molecular formula is C13H10ClIN4. The maximum absolute atomic E-state index is 6.30. The van der Waals surface area contributed by atoms with E-state index in [1.807, 2.05) is 31.2 Å². The first kappa shape index (κ1) is 12.7. The quantitative estimate of drug-likeness (QED) is 0.653. The van der Waals surface area contributed by atoms with Crippen molar-refractivity contribution in [2.24, 2.45) is 0 Å². The molecule has 0 spiro atoms. The highest BCUT2D eigenvalue weighted by Crippen LogP contribution is 2.29. The van der Waals surface area contributed by atoms with Gasteiger partial charge in [0.25, 0.3) is 0 Å². The van der Waals surface area contributed by atoms with Crippen molar-refractivity contribution in [2.45, 2.75) is 6.92 Å². The van der Waals surface area contributed by atoms with Crippen LogP contribution in [0.1, 0.15) is 5.56 Å².